The molecule has 0 bridgehead atoms. The second-order valence-corrected chi connectivity index (χ2v) is 5.71. The number of amides is 1. The van der Waals surface area contributed by atoms with Gasteiger partial charge in [-0.05, 0) is 13.8 Å². The average molecular weight is 358 g/mol. The van der Waals surface area contributed by atoms with Crippen LogP contribution < -0.4 is 4.90 Å². The minimum atomic E-state index is -4.42. The summed E-state index contributed by atoms with van der Waals surface area (Å²) in [7, 11) is 0. The lowest BCUT2D eigenvalue weighted by atomic mass is 10.1. The number of carbonyl (C=O) groups is 1. The number of pyridine rings is 1. The average Bonchev–Trinajstić information content (AvgIpc) is 2.88. The highest BCUT2D eigenvalue weighted by molar-refractivity contribution is 5.95. The van der Waals surface area contributed by atoms with Gasteiger partial charge in [0.05, 0.1) is 42.1 Å². The Morgan fingerprint density at radius 3 is 2.60 bits per heavy atom. The maximum atomic E-state index is 13.3. The highest BCUT2D eigenvalue weighted by atomic mass is 19.4. The van der Waals surface area contributed by atoms with E-state index < -0.39 is 30.2 Å². The van der Waals surface area contributed by atoms with E-state index in [1.807, 2.05) is 0 Å². The Morgan fingerprint density at radius 2 is 2.04 bits per heavy atom. The van der Waals surface area contributed by atoms with E-state index in [1.54, 1.807) is 13.8 Å². The Kier molecular flexibility index (Phi) is 5.44. The lowest BCUT2D eigenvalue weighted by molar-refractivity contribution is -0.151. The summed E-state index contributed by atoms with van der Waals surface area (Å²) in [5.41, 5.74) is 1.17. The minimum absolute atomic E-state index is 0.189. The highest BCUT2D eigenvalue weighted by Crippen LogP contribution is 2.28. The van der Waals surface area contributed by atoms with Crippen LogP contribution >= 0.6 is 0 Å². The van der Waals surface area contributed by atoms with E-state index in [0.717, 1.165) is 6.20 Å². The van der Waals surface area contributed by atoms with E-state index in [9.17, 15) is 22.4 Å². The molecule has 9 heteroatoms. The summed E-state index contributed by atoms with van der Waals surface area (Å²) in [6, 6.07) is 1.22. The highest BCUT2D eigenvalue weighted by Gasteiger charge is 2.35. The van der Waals surface area contributed by atoms with Crippen molar-refractivity contribution in [3.63, 3.8) is 0 Å². The van der Waals surface area contributed by atoms with Gasteiger partial charge >= 0.3 is 6.18 Å². The van der Waals surface area contributed by atoms with Gasteiger partial charge in [0.15, 0.2) is 0 Å². The first-order valence-electron chi connectivity index (χ1n) is 7.67. The number of rotatable bonds is 5. The maximum absolute atomic E-state index is 13.3. The molecule has 1 amide bonds. The standard InChI is InChI=1S/C16H18F4N4O/c1-4-23(15(25)10(2)6-16(18,19)20)14-9-24(22-11(14)3)13-5-12(17)7-21-8-13/h5,7-10H,4,6H2,1-3H3. The molecule has 0 saturated carbocycles. The van der Waals surface area contributed by atoms with E-state index >= 15 is 0 Å². The lowest BCUT2D eigenvalue weighted by Crippen LogP contribution is -2.37. The first-order valence-corrected chi connectivity index (χ1v) is 7.67. The summed E-state index contributed by atoms with van der Waals surface area (Å²) in [6.45, 7) is 4.73. The van der Waals surface area contributed by atoms with Gasteiger partial charge < -0.3 is 4.90 Å². The van der Waals surface area contributed by atoms with Gasteiger partial charge in [0.1, 0.15) is 5.82 Å². The van der Waals surface area contributed by atoms with Crippen LogP contribution in [0.1, 0.15) is 26.0 Å². The number of anilines is 1. The molecule has 0 spiro atoms. The van der Waals surface area contributed by atoms with Crippen molar-refractivity contribution in [2.24, 2.45) is 5.92 Å². The molecule has 0 aliphatic rings. The molecule has 5 nitrogen and oxygen atoms in total. The van der Waals surface area contributed by atoms with Crippen molar-refractivity contribution in [2.45, 2.75) is 33.4 Å². The van der Waals surface area contributed by atoms with Gasteiger partial charge in [-0.2, -0.15) is 18.3 Å². The maximum Gasteiger partial charge on any atom is 0.389 e. The van der Waals surface area contributed by atoms with Gasteiger partial charge in [-0.1, -0.05) is 6.92 Å². The van der Waals surface area contributed by atoms with Crippen LogP contribution in [-0.4, -0.2) is 33.4 Å². The van der Waals surface area contributed by atoms with Crippen molar-refractivity contribution in [1.29, 1.82) is 0 Å². The smallest absolute Gasteiger partial charge is 0.309 e. The van der Waals surface area contributed by atoms with E-state index in [-0.39, 0.29) is 6.54 Å². The Morgan fingerprint density at radius 1 is 1.36 bits per heavy atom. The number of aromatic nitrogens is 3. The third-order valence-corrected chi connectivity index (χ3v) is 3.66. The van der Waals surface area contributed by atoms with Crippen molar-refractivity contribution in [2.75, 3.05) is 11.4 Å². The fourth-order valence-electron chi connectivity index (χ4n) is 2.52. The van der Waals surface area contributed by atoms with Crippen LogP contribution in [-0.2, 0) is 4.79 Å². The predicted octanol–water partition coefficient (Wildman–Crippen LogP) is 3.66. The summed E-state index contributed by atoms with van der Waals surface area (Å²) in [5, 5.41) is 4.20. The zero-order valence-electron chi connectivity index (χ0n) is 14.0. The fourth-order valence-corrected chi connectivity index (χ4v) is 2.52. The zero-order chi connectivity index (χ0) is 18.8. The van der Waals surface area contributed by atoms with E-state index in [4.69, 9.17) is 0 Å². The fraction of sp³-hybridized carbons (Fsp3) is 0.438. The first-order chi connectivity index (χ1) is 11.6. The molecule has 136 valence electrons. The summed E-state index contributed by atoms with van der Waals surface area (Å²) in [5.74, 6) is -2.40. The van der Waals surface area contributed by atoms with Gasteiger partial charge in [-0.3, -0.25) is 9.78 Å². The summed E-state index contributed by atoms with van der Waals surface area (Å²) >= 11 is 0. The summed E-state index contributed by atoms with van der Waals surface area (Å²) in [4.78, 5) is 17.4. The van der Waals surface area contributed by atoms with Gasteiger partial charge in [0.2, 0.25) is 5.91 Å². The molecule has 2 heterocycles. The molecule has 2 aromatic rings. The molecule has 2 rings (SSSR count). The lowest BCUT2D eigenvalue weighted by Gasteiger charge is -2.24. The number of hydrogen-bond acceptors (Lipinski definition) is 3. The molecule has 0 saturated heterocycles. The number of aryl methyl sites for hydroxylation is 1. The van der Waals surface area contributed by atoms with E-state index in [1.165, 1.54) is 35.0 Å². The number of alkyl halides is 3. The topological polar surface area (TPSA) is 51.0 Å². The molecule has 0 fully saturated rings. The van der Waals surface area contributed by atoms with Gasteiger partial charge in [-0.15, -0.1) is 0 Å². The molecule has 25 heavy (non-hydrogen) atoms. The molecular formula is C16H18F4N4O. The van der Waals surface area contributed by atoms with E-state index in [0.29, 0.717) is 17.1 Å². The van der Waals surface area contributed by atoms with Gasteiger partial charge in [-0.25, -0.2) is 9.07 Å². The second-order valence-electron chi connectivity index (χ2n) is 5.71. The van der Waals surface area contributed by atoms with Crippen molar-refractivity contribution >= 4 is 11.6 Å². The molecule has 1 atom stereocenters. The van der Waals surface area contributed by atoms with Crippen LogP contribution in [0.25, 0.3) is 5.69 Å². The predicted molar refractivity (Wildman–Crippen MR) is 83.9 cm³/mol. The van der Waals surface area contributed by atoms with Crippen LogP contribution in [0.3, 0.4) is 0 Å². The third kappa shape index (κ3) is 4.55. The molecule has 0 N–H and O–H groups in total. The Labute approximate surface area is 142 Å². The SMILES string of the molecule is CCN(C(=O)C(C)CC(F)(F)F)c1cn(-c2cncc(F)c2)nc1C. The molecular weight excluding hydrogens is 340 g/mol. The Balaban J connectivity index is 2.31. The first kappa shape index (κ1) is 18.9. The number of nitrogens with zero attached hydrogens (tertiary/aromatic N) is 4. The summed E-state index contributed by atoms with van der Waals surface area (Å²) in [6.07, 6.45) is -1.69. The largest absolute Gasteiger partial charge is 0.389 e. The van der Waals surface area contributed by atoms with Crippen LogP contribution in [0, 0.1) is 18.7 Å². The molecule has 0 radical (unpaired) electrons. The molecule has 0 aromatic carbocycles. The van der Waals surface area contributed by atoms with E-state index in [2.05, 4.69) is 10.1 Å². The summed E-state index contributed by atoms with van der Waals surface area (Å²) < 4.78 is 52.3. The van der Waals surface area contributed by atoms with Crippen molar-refractivity contribution in [3.8, 4) is 5.69 Å². The second kappa shape index (κ2) is 7.20. The number of carbonyl (C=O) groups excluding carboxylic acids is 1. The van der Waals surface area contributed by atoms with Crippen LogP contribution in [0.15, 0.2) is 24.7 Å². The molecule has 2 aromatic heterocycles. The molecule has 0 aliphatic heterocycles. The zero-order valence-corrected chi connectivity index (χ0v) is 14.0. The van der Waals surface area contributed by atoms with Gasteiger partial charge in [0, 0.05) is 18.5 Å². The van der Waals surface area contributed by atoms with Crippen molar-refractivity contribution in [1.82, 2.24) is 14.8 Å². The van der Waals surface area contributed by atoms with Crippen molar-refractivity contribution < 1.29 is 22.4 Å². The van der Waals surface area contributed by atoms with Gasteiger partial charge in [0.25, 0.3) is 0 Å². The molecule has 1 unspecified atom stereocenters. The Hall–Kier alpha value is -2.45. The Bertz CT molecular complexity index is 757. The number of hydrogen-bond donors (Lipinski definition) is 0. The minimum Gasteiger partial charge on any atom is -0.309 e. The quantitative estimate of drug-likeness (QED) is 0.767. The molecule has 0 aliphatic carbocycles. The van der Waals surface area contributed by atoms with Crippen molar-refractivity contribution in [3.05, 3.63) is 36.2 Å². The third-order valence-electron chi connectivity index (χ3n) is 3.66. The van der Waals surface area contributed by atoms with Crippen LogP contribution in [0.4, 0.5) is 23.2 Å². The van der Waals surface area contributed by atoms with Crippen LogP contribution in [0.2, 0.25) is 0 Å². The normalized spacial score (nSPS) is 12.9. The number of halogens is 4. The monoisotopic (exact) mass is 358 g/mol. The van der Waals surface area contributed by atoms with Crippen LogP contribution in [0.5, 0.6) is 0 Å².